The fourth-order valence-electron chi connectivity index (χ4n) is 3.43. The van der Waals surface area contributed by atoms with Crippen molar-refractivity contribution in [3.8, 4) is 0 Å². The Morgan fingerprint density at radius 1 is 1.29 bits per heavy atom. The number of rotatable bonds is 5. The molecule has 0 spiro atoms. The minimum absolute atomic E-state index is 0.124. The fraction of sp³-hybridized carbons (Fsp3) is 0.263. The Morgan fingerprint density at radius 2 is 2.14 bits per heavy atom. The smallest absolute Gasteiger partial charge is 0.223 e. The summed E-state index contributed by atoms with van der Waals surface area (Å²) < 4.78 is 1.91. The molecular weight excluding hydrogens is 378 g/mol. The summed E-state index contributed by atoms with van der Waals surface area (Å²) in [5.41, 5.74) is 10.0. The number of nitrogen functional groups attached to an aromatic ring is 1. The van der Waals surface area contributed by atoms with E-state index in [1.165, 1.54) is 6.33 Å². The van der Waals surface area contributed by atoms with Gasteiger partial charge in [-0.1, -0.05) is 11.6 Å². The molecule has 0 radical (unpaired) electrons. The standard InChI is InChI=1S/C19H18ClN7O/c20-13-3-11-5-14(6-22-19(28)10-1-2-10)26-15(11)12(4-13)7-27-9-25-16-17(21)23-8-24-18(16)27/h3-5,8-10,26H,1-2,6-7H2,(H,22,28)(H2,21,23,24). The number of nitrogens with two attached hydrogens (primary N) is 1. The number of imidazole rings is 1. The van der Waals surface area contributed by atoms with E-state index < -0.39 is 0 Å². The molecule has 1 aliphatic carbocycles. The summed E-state index contributed by atoms with van der Waals surface area (Å²) in [5, 5.41) is 4.63. The molecule has 1 aromatic carbocycles. The number of hydrogen-bond donors (Lipinski definition) is 3. The van der Waals surface area contributed by atoms with Crippen LogP contribution in [0.3, 0.4) is 0 Å². The number of aromatic nitrogens is 5. The molecular formula is C19H18ClN7O. The first-order valence-electron chi connectivity index (χ1n) is 9.07. The lowest BCUT2D eigenvalue weighted by Gasteiger charge is -2.07. The third-order valence-electron chi connectivity index (χ3n) is 5.00. The molecule has 0 atom stereocenters. The van der Waals surface area contributed by atoms with Gasteiger partial charge in [0.25, 0.3) is 0 Å². The summed E-state index contributed by atoms with van der Waals surface area (Å²) in [6, 6.07) is 5.85. The fourth-order valence-corrected chi connectivity index (χ4v) is 3.68. The number of H-pyrrole nitrogens is 1. The molecule has 3 heterocycles. The van der Waals surface area contributed by atoms with Crippen LogP contribution in [0.25, 0.3) is 22.1 Å². The lowest BCUT2D eigenvalue weighted by atomic mass is 10.1. The normalized spacial score (nSPS) is 14.0. The van der Waals surface area contributed by atoms with Gasteiger partial charge < -0.3 is 20.6 Å². The summed E-state index contributed by atoms with van der Waals surface area (Å²) in [4.78, 5) is 27.9. The van der Waals surface area contributed by atoms with E-state index in [-0.39, 0.29) is 11.8 Å². The van der Waals surface area contributed by atoms with E-state index >= 15 is 0 Å². The Bertz CT molecular complexity index is 1210. The van der Waals surface area contributed by atoms with Gasteiger partial charge >= 0.3 is 0 Å². The van der Waals surface area contributed by atoms with Gasteiger partial charge in [-0.25, -0.2) is 15.0 Å². The first kappa shape index (κ1) is 17.0. The van der Waals surface area contributed by atoms with Gasteiger partial charge in [0.1, 0.15) is 11.8 Å². The number of fused-ring (bicyclic) bond motifs is 2. The lowest BCUT2D eigenvalue weighted by Crippen LogP contribution is -2.24. The Labute approximate surface area is 165 Å². The van der Waals surface area contributed by atoms with Crippen LogP contribution in [0.4, 0.5) is 5.82 Å². The van der Waals surface area contributed by atoms with Crippen molar-refractivity contribution in [3.05, 3.63) is 47.1 Å². The zero-order chi connectivity index (χ0) is 19.3. The number of hydrogen-bond acceptors (Lipinski definition) is 5. The molecule has 0 saturated heterocycles. The molecule has 1 amide bonds. The topological polar surface area (TPSA) is 115 Å². The van der Waals surface area contributed by atoms with Crippen LogP contribution in [-0.2, 0) is 17.9 Å². The first-order chi connectivity index (χ1) is 13.6. The van der Waals surface area contributed by atoms with E-state index in [1.807, 2.05) is 22.8 Å². The zero-order valence-electron chi connectivity index (χ0n) is 14.9. The number of benzene rings is 1. The van der Waals surface area contributed by atoms with Gasteiger partial charge in [-0.3, -0.25) is 4.79 Å². The molecule has 0 bridgehead atoms. The summed E-state index contributed by atoms with van der Waals surface area (Å²) >= 11 is 6.34. The summed E-state index contributed by atoms with van der Waals surface area (Å²) in [6.07, 6.45) is 5.11. The van der Waals surface area contributed by atoms with E-state index in [0.717, 1.165) is 35.0 Å². The van der Waals surface area contributed by atoms with Crippen molar-refractivity contribution < 1.29 is 4.79 Å². The number of carbonyl (C=O) groups is 1. The third kappa shape index (κ3) is 3.05. The second kappa shape index (κ2) is 6.49. The van der Waals surface area contributed by atoms with Crippen molar-refractivity contribution in [2.75, 3.05) is 5.73 Å². The van der Waals surface area contributed by atoms with Crippen LogP contribution in [0, 0.1) is 5.92 Å². The molecule has 4 N–H and O–H groups in total. The Morgan fingerprint density at radius 3 is 2.96 bits per heavy atom. The van der Waals surface area contributed by atoms with Crippen molar-refractivity contribution in [2.45, 2.75) is 25.9 Å². The van der Waals surface area contributed by atoms with Crippen LogP contribution in [-0.4, -0.2) is 30.4 Å². The highest BCUT2D eigenvalue weighted by Crippen LogP contribution is 2.29. The van der Waals surface area contributed by atoms with Crippen molar-refractivity contribution in [1.82, 2.24) is 29.8 Å². The molecule has 1 fully saturated rings. The molecule has 5 rings (SSSR count). The molecule has 142 valence electrons. The second-order valence-electron chi connectivity index (χ2n) is 7.12. The van der Waals surface area contributed by atoms with Gasteiger partial charge in [-0.05, 0) is 36.6 Å². The highest BCUT2D eigenvalue weighted by Gasteiger charge is 2.29. The van der Waals surface area contributed by atoms with E-state index in [9.17, 15) is 4.79 Å². The van der Waals surface area contributed by atoms with Gasteiger partial charge in [-0.15, -0.1) is 0 Å². The van der Waals surface area contributed by atoms with Crippen LogP contribution in [0.5, 0.6) is 0 Å². The molecule has 3 aromatic heterocycles. The molecule has 28 heavy (non-hydrogen) atoms. The van der Waals surface area contributed by atoms with Gasteiger partial charge in [-0.2, -0.15) is 0 Å². The largest absolute Gasteiger partial charge is 0.382 e. The Kier molecular flexibility index (Phi) is 3.94. The number of anilines is 1. The molecule has 0 aliphatic heterocycles. The second-order valence-corrected chi connectivity index (χ2v) is 7.56. The average molecular weight is 396 g/mol. The number of aromatic amines is 1. The minimum Gasteiger partial charge on any atom is -0.382 e. The maximum Gasteiger partial charge on any atom is 0.223 e. The van der Waals surface area contributed by atoms with Gasteiger partial charge in [0.15, 0.2) is 11.5 Å². The third-order valence-corrected chi connectivity index (χ3v) is 5.22. The molecule has 9 heteroatoms. The quantitative estimate of drug-likeness (QED) is 0.480. The van der Waals surface area contributed by atoms with E-state index in [4.69, 9.17) is 17.3 Å². The predicted octanol–water partition coefficient (Wildman–Crippen LogP) is 2.62. The van der Waals surface area contributed by atoms with Crippen LogP contribution >= 0.6 is 11.6 Å². The van der Waals surface area contributed by atoms with Crippen molar-refractivity contribution >= 4 is 45.4 Å². The maximum atomic E-state index is 11.9. The summed E-state index contributed by atoms with van der Waals surface area (Å²) in [5.74, 6) is 0.672. The summed E-state index contributed by atoms with van der Waals surface area (Å²) in [7, 11) is 0. The van der Waals surface area contributed by atoms with Gasteiger partial charge in [0.05, 0.1) is 24.9 Å². The van der Waals surface area contributed by atoms with E-state index in [1.54, 1.807) is 6.33 Å². The van der Waals surface area contributed by atoms with Crippen LogP contribution in [0.1, 0.15) is 24.1 Å². The molecule has 4 aromatic rings. The zero-order valence-corrected chi connectivity index (χ0v) is 15.7. The highest BCUT2D eigenvalue weighted by atomic mass is 35.5. The number of amides is 1. The van der Waals surface area contributed by atoms with Crippen LogP contribution in [0.15, 0.2) is 30.9 Å². The summed E-state index contributed by atoms with van der Waals surface area (Å²) in [6.45, 7) is 0.997. The number of nitrogens with zero attached hydrogens (tertiary/aromatic N) is 4. The van der Waals surface area contributed by atoms with E-state index in [0.29, 0.717) is 35.1 Å². The predicted molar refractivity (Wildman–Crippen MR) is 107 cm³/mol. The van der Waals surface area contributed by atoms with Gasteiger partial charge in [0, 0.05) is 22.0 Å². The Hall–Kier alpha value is -3.13. The number of nitrogens with one attached hydrogen (secondary N) is 2. The number of carbonyl (C=O) groups excluding carboxylic acids is 1. The minimum atomic E-state index is 0.124. The van der Waals surface area contributed by atoms with Crippen LogP contribution < -0.4 is 11.1 Å². The maximum absolute atomic E-state index is 11.9. The Balaban J connectivity index is 1.47. The van der Waals surface area contributed by atoms with Crippen molar-refractivity contribution in [1.29, 1.82) is 0 Å². The lowest BCUT2D eigenvalue weighted by molar-refractivity contribution is -0.122. The molecule has 8 nitrogen and oxygen atoms in total. The molecule has 1 aliphatic rings. The van der Waals surface area contributed by atoms with Gasteiger partial charge in [0.2, 0.25) is 5.91 Å². The van der Waals surface area contributed by atoms with E-state index in [2.05, 4.69) is 25.3 Å². The molecule has 0 unspecified atom stereocenters. The van der Waals surface area contributed by atoms with Crippen LogP contribution in [0.2, 0.25) is 5.02 Å². The monoisotopic (exact) mass is 395 g/mol. The van der Waals surface area contributed by atoms with Crippen molar-refractivity contribution in [3.63, 3.8) is 0 Å². The molecule has 1 saturated carbocycles. The number of halogens is 1. The SMILES string of the molecule is Nc1ncnc2c1ncn2Cc1cc(Cl)cc2cc(CNC(=O)C3CC3)[nH]c12. The van der Waals surface area contributed by atoms with Crippen molar-refractivity contribution in [2.24, 2.45) is 5.92 Å². The highest BCUT2D eigenvalue weighted by molar-refractivity contribution is 6.31. The first-order valence-corrected chi connectivity index (χ1v) is 9.45. The average Bonchev–Trinajstić information content (AvgIpc) is 3.32.